The van der Waals surface area contributed by atoms with Crippen molar-refractivity contribution < 1.29 is 14.3 Å². The smallest absolute Gasteiger partial charge is 0.272 e. The fourth-order valence-corrected chi connectivity index (χ4v) is 4.19. The molecule has 2 atom stereocenters. The van der Waals surface area contributed by atoms with Gasteiger partial charge in [-0.15, -0.1) is 0 Å². The fourth-order valence-electron chi connectivity index (χ4n) is 4.19. The zero-order valence-electron chi connectivity index (χ0n) is 15.9. The maximum Gasteiger partial charge on any atom is 0.272 e. The fraction of sp³-hybridized carbons (Fsp3) is 0.684. The number of hydrogen-bond acceptors (Lipinski definition) is 5. The molecule has 2 aliphatic heterocycles. The lowest BCUT2D eigenvalue weighted by Gasteiger charge is -2.47. The van der Waals surface area contributed by atoms with Crippen molar-refractivity contribution in [2.75, 3.05) is 33.4 Å². The van der Waals surface area contributed by atoms with Crippen LogP contribution < -0.4 is 0 Å². The SMILES string of the molecule is COCCCN1C(=O)CC[C@H]2CN(C(=O)c3cc(C)nc(C)n3)CC[C@H]21. The second kappa shape index (κ2) is 8.12. The number of nitrogens with zero attached hydrogens (tertiary/aromatic N) is 4. The zero-order valence-corrected chi connectivity index (χ0v) is 15.9. The number of fused-ring (bicyclic) bond motifs is 1. The van der Waals surface area contributed by atoms with E-state index in [1.54, 1.807) is 20.1 Å². The molecule has 142 valence electrons. The molecule has 7 heteroatoms. The number of ether oxygens (including phenoxy) is 1. The quantitative estimate of drug-likeness (QED) is 0.745. The molecule has 3 heterocycles. The highest BCUT2D eigenvalue weighted by molar-refractivity contribution is 5.92. The van der Waals surface area contributed by atoms with Gasteiger partial charge in [-0.25, -0.2) is 9.97 Å². The molecule has 1 aromatic heterocycles. The van der Waals surface area contributed by atoms with E-state index in [4.69, 9.17) is 4.74 Å². The molecule has 0 radical (unpaired) electrons. The van der Waals surface area contributed by atoms with Crippen LogP contribution in [0, 0.1) is 19.8 Å². The Balaban J connectivity index is 1.67. The third kappa shape index (κ3) is 4.03. The Labute approximate surface area is 154 Å². The number of aromatic nitrogens is 2. The largest absolute Gasteiger partial charge is 0.385 e. The summed E-state index contributed by atoms with van der Waals surface area (Å²) in [5.74, 6) is 1.18. The summed E-state index contributed by atoms with van der Waals surface area (Å²) >= 11 is 0. The molecule has 3 rings (SSSR count). The number of aryl methyl sites for hydroxylation is 2. The molecule has 0 spiro atoms. The first-order chi connectivity index (χ1) is 12.5. The van der Waals surface area contributed by atoms with E-state index in [0.717, 1.165) is 31.5 Å². The van der Waals surface area contributed by atoms with E-state index in [1.165, 1.54) is 0 Å². The lowest BCUT2D eigenvalue weighted by atomic mass is 9.83. The molecule has 26 heavy (non-hydrogen) atoms. The first-order valence-electron chi connectivity index (χ1n) is 9.39. The van der Waals surface area contributed by atoms with Gasteiger partial charge in [-0.05, 0) is 45.1 Å². The summed E-state index contributed by atoms with van der Waals surface area (Å²) in [6.07, 6.45) is 3.11. The molecule has 0 bridgehead atoms. The minimum atomic E-state index is -0.0279. The molecule has 0 aliphatic carbocycles. The Morgan fingerprint density at radius 1 is 1.31 bits per heavy atom. The normalized spacial score (nSPS) is 23.1. The molecule has 0 saturated carbocycles. The summed E-state index contributed by atoms with van der Waals surface area (Å²) in [4.78, 5) is 37.7. The second-order valence-corrected chi connectivity index (χ2v) is 7.28. The van der Waals surface area contributed by atoms with Crippen molar-refractivity contribution in [3.63, 3.8) is 0 Å². The van der Waals surface area contributed by atoms with Gasteiger partial charge in [0.2, 0.25) is 5.91 Å². The van der Waals surface area contributed by atoms with Gasteiger partial charge in [0, 0.05) is 51.5 Å². The van der Waals surface area contributed by atoms with Crippen LogP contribution in [0.1, 0.15) is 47.7 Å². The Morgan fingerprint density at radius 3 is 2.85 bits per heavy atom. The molecule has 0 N–H and O–H groups in total. The van der Waals surface area contributed by atoms with Crippen molar-refractivity contribution in [1.82, 2.24) is 19.8 Å². The van der Waals surface area contributed by atoms with Crippen LogP contribution >= 0.6 is 0 Å². The maximum absolute atomic E-state index is 12.9. The van der Waals surface area contributed by atoms with Crippen LogP contribution in [0.3, 0.4) is 0 Å². The van der Waals surface area contributed by atoms with Gasteiger partial charge in [0.1, 0.15) is 11.5 Å². The summed E-state index contributed by atoms with van der Waals surface area (Å²) in [7, 11) is 1.68. The van der Waals surface area contributed by atoms with Crippen molar-refractivity contribution in [1.29, 1.82) is 0 Å². The van der Waals surface area contributed by atoms with E-state index in [2.05, 4.69) is 9.97 Å². The second-order valence-electron chi connectivity index (χ2n) is 7.28. The van der Waals surface area contributed by atoms with E-state index in [-0.39, 0.29) is 17.9 Å². The standard InChI is InChI=1S/C19H28N4O3/c1-13-11-16(21-14(2)20-13)19(25)22-9-7-17-15(12-22)5-6-18(24)23(17)8-4-10-26-3/h11,15,17H,4-10,12H2,1-3H3/t15-,17+/m0/s1. The van der Waals surface area contributed by atoms with Gasteiger partial charge in [-0.1, -0.05) is 0 Å². The highest BCUT2D eigenvalue weighted by atomic mass is 16.5. The van der Waals surface area contributed by atoms with Gasteiger partial charge in [-0.3, -0.25) is 9.59 Å². The molecule has 0 aromatic carbocycles. The lowest BCUT2D eigenvalue weighted by molar-refractivity contribution is -0.140. The summed E-state index contributed by atoms with van der Waals surface area (Å²) in [6, 6.07) is 1.99. The van der Waals surface area contributed by atoms with Gasteiger partial charge < -0.3 is 14.5 Å². The Morgan fingerprint density at radius 2 is 2.12 bits per heavy atom. The van der Waals surface area contributed by atoms with Crippen LogP contribution in [0.15, 0.2) is 6.07 Å². The molecular formula is C19H28N4O3. The number of piperidine rings is 2. The van der Waals surface area contributed by atoms with Gasteiger partial charge in [0.15, 0.2) is 0 Å². The summed E-state index contributed by atoms with van der Waals surface area (Å²) in [5, 5.41) is 0. The lowest BCUT2D eigenvalue weighted by Crippen LogP contribution is -2.57. The van der Waals surface area contributed by atoms with Crippen LogP contribution in [0.4, 0.5) is 0 Å². The zero-order chi connectivity index (χ0) is 18.7. The summed E-state index contributed by atoms with van der Waals surface area (Å²) in [5.41, 5.74) is 1.28. The van der Waals surface area contributed by atoms with Gasteiger partial charge in [0.05, 0.1) is 0 Å². The van der Waals surface area contributed by atoms with Crippen molar-refractivity contribution >= 4 is 11.8 Å². The van der Waals surface area contributed by atoms with Crippen molar-refractivity contribution in [3.05, 3.63) is 23.3 Å². The number of hydrogen-bond donors (Lipinski definition) is 0. The minimum absolute atomic E-state index is 0.0279. The van der Waals surface area contributed by atoms with E-state index in [9.17, 15) is 9.59 Å². The van der Waals surface area contributed by atoms with Crippen molar-refractivity contribution in [2.45, 2.75) is 45.6 Å². The van der Waals surface area contributed by atoms with Gasteiger partial charge in [-0.2, -0.15) is 0 Å². The molecule has 2 amide bonds. The molecule has 2 aliphatic rings. The number of likely N-dealkylation sites (tertiary alicyclic amines) is 2. The Hall–Kier alpha value is -2.02. The molecule has 7 nitrogen and oxygen atoms in total. The van der Waals surface area contributed by atoms with Gasteiger partial charge in [0.25, 0.3) is 5.91 Å². The average Bonchev–Trinajstić information content (AvgIpc) is 2.62. The third-order valence-corrected chi connectivity index (χ3v) is 5.36. The molecule has 2 fully saturated rings. The van der Waals surface area contributed by atoms with Crippen LogP contribution in [-0.2, 0) is 9.53 Å². The monoisotopic (exact) mass is 360 g/mol. The number of carbonyl (C=O) groups excluding carboxylic acids is 2. The van der Waals surface area contributed by atoms with Crippen LogP contribution in [0.2, 0.25) is 0 Å². The first-order valence-corrected chi connectivity index (χ1v) is 9.39. The predicted molar refractivity (Wildman–Crippen MR) is 96.7 cm³/mol. The van der Waals surface area contributed by atoms with Gasteiger partial charge >= 0.3 is 0 Å². The highest BCUT2D eigenvalue weighted by Crippen LogP contribution is 2.32. The third-order valence-electron chi connectivity index (χ3n) is 5.36. The number of carbonyl (C=O) groups is 2. The van der Waals surface area contributed by atoms with Crippen LogP contribution in [0.25, 0.3) is 0 Å². The van der Waals surface area contributed by atoms with Crippen LogP contribution in [0.5, 0.6) is 0 Å². The first kappa shape index (κ1) is 18.8. The number of methoxy groups -OCH3 is 1. The van der Waals surface area contributed by atoms with Crippen molar-refractivity contribution in [3.8, 4) is 0 Å². The molecule has 2 saturated heterocycles. The molecule has 0 unspecified atom stereocenters. The highest BCUT2D eigenvalue weighted by Gasteiger charge is 2.40. The number of rotatable bonds is 5. The topological polar surface area (TPSA) is 75.6 Å². The van der Waals surface area contributed by atoms with E-state index < -0.39 is 0 Å². The molecular weight excluding hydrogens is 332 g/mol. The van der Waals surface area contributed by atoms with E-state index >= 15 is 0 Å². The maximum atomic E-state index is 12.9. The van der Waals surface area contributed by atoms with Crippen molar-refractivity contribution in [2.24, 2.45) is 5.92 Å². The average molecular weight is 360 g/mol. The number of amides is 2. The summed E-state index contributed by atoms with van der Waals surface area (Å²) in [6.45, 7) is 6.45. The Bertz CT molecular complexity index is 658. The minimum Gasteiger partial charge on any atom is -0.385 e. The van der Waals surface area contributed by atoms with E-state index in [0.29, 0.717) is 43.6 Å². The molecule has 1 aromatic rings. The van der Waals surface area contributed by atoms with E-state index in [1.807, 2.05) is 16.7 Å². The van der Waals surface area contributed by atoms with Crippen LogP contribution in [-0.4, -0.2) is 71.0 Å². The predicted octanol–water partition coefficient (Wildman–Crippen LogP) is 1.58. The summed E-state index contributed by atoms with van der Waals surface area (Å²) < 4.78 is 5.12. The Kier molecular flexibility index (Phi) is 5.86.